The van der Waals surface area contributed by atoms with Crippen molar-refractivity contribution < 1.29 is 19.7 Å². The zero-order chi connectivity index (χ0) is 14.4. The molecule has 2 aromatic carbocycles. The number of hydrogen-bond acceptors (Lipinski definition) is 4. The van der Waals surface area contributed by atoms with Crippen LogP contribution in [-0.2, 0) is 0 Å². The summed E-state index contributed by atoms with van der Waals surface area (Å²) in [7, 11) is 3.14. The number of ether oxygens (including phenoxy) is 2. The molecule has 0 aliphatic carbocycles. The Labute approximate surface area is 115 Å². The summed E-state index contributed by atoms with van der Waals surface area (Å²) in [6.07, 6.45) is 0. The van der Waals surface area contributed by atoms with Crippen LogP contribution in [0.1, 0.15) is 5.56 Å². The van der Waals surface area contributed by atoms with Gasteiger partial charge in [-0.2, -0.15) is 0 Å². The number of fused-ring (bicyclic) bond motifs is 3. The Morgan fingerprint density at radius 1 is 0.850 bits per heavy atom. The number of aromatic amines is 1. The molecule has 0 amide bonds. The van der Waals surface area contributed by atoms with E-state index in [1.165, 1.54) is 0 Å². The molecule has 0 aliphatic rings. The molecule has 5 heteroatoms. The van der Waals surface area contributed by atoms with Gasteiger partial charge in [-0.25, -0.2) is 0 Å². The fraction of sp³-hybridized carbons (Fsp3) is 0.200. The van der Waals surface area contributed by atoms with Crippen molar-refractivity contribution in [3.63, 3.8) is 0 Å². The van der Waals surface area contributed by atoms with Crippen LogP contribution < -0.4 is 9.47 Å². The molecule has 0 atom stereocenters. The summed E-state index contributed by atoms with van der Waals surface area (Å²) in [4.78, 5) is 2.54. The molecule has 0 fully saturated rings. The molecule has 3 N–H and O–H groups in total. The Bertz CT molecular complexity index is 820. The van der Waals surface area contributed by atoms with Gasteiger partial charge in [-0.1, -0.05) is 0 Å². The van der Waals surface area contributed by atoms with E-state index in [1.54, 1.807) is 20.3 Å². The zero-order valence-corrected chi connectivity index (χ0v) is 11.4. The molecule has 0 radical (unpaired) electrons. The first-order chi connectivity index (χ1) is 9.56. The molecular weight excluding hydrogens is 258 g/mol. The van der Waals surface area contributed by atoms with Crippen LogP contribution in [0.3, 0.4) is 0 Å². The largest absolute Gasteiger partial charge is 0.494 e. The van der Waals surface area contributed by atoms with Gasteiger partial charge in [-0.15, -0.1) is 0 Å². The van der Waals surface area contributed by atoms with E-state index >= 15 is 0 Å². The second-order valence-electron chi connectivity index (χ2n) is 4.69. The van der Waals surface area contributed by atoms with E-state index in [2.05, 4.69) is 4.98 Å². The molecule has 1 aromatic heterocycles. The number of methoxy groups -OCH3 is 2. The highest BCUT2D eigenvalue weighted by Gasteiger charge is 2.16. The minimum absolute atomic E-state index is 0.0442. The summed E-state index contributed by atoms with van der Waals surface area (Å²) in [5.41, 5.74) is 0.975. The van der Waals surface area contributed by atoms with Gasteiger partial charge in [0, 0.05) is 5.39 Å². The third kappa shape index (κ3) is 1.56. The number of nitrogens with one attached hydrogen (secondary N) is 1. The number of rotatable bonds is 2. The maximum absolute atomic E-state index is 9.98. The Morgan fingerprint density at radius 2 is 1.45 bits per heavy atom. The van der Waals surface area contributed by atoms with E-state index in [0.717, 1.165) is 16.3 Å². The number of aryl methyl sites for hydroxylation is 1. The zero-order valence-electron chi connectivity index (χ0n) is 11.4. The molecule has 20 heavy (non-hydrogen) atoms. The smallest absolute Gasteiger partial charge is 0.199 e. The third-order valence-electron chi connectivity index (χ3n) is 3.58. The topological polar surface area (TPSA) is 74.7 Å². The average molecular weight is 273 g/mol. The van der Waals surface area contributed by atoms with Crippen molar-refractivity contribution in [2.24, 2.45) is 0 Å². The van der Waals surface area contributed by atoms with E-state index in [-0.39, 0.29) is 11.8 Å². The van der Waals surface area contributed by atoms with Crippen molar-refractivity contribution in [2.45, 2.75) is 6.92 Å². The normalized spacial score (nSPS) is 11.2. The summed E-state index contributed by atoms with van der Waals surface area (Å²) in [6.45, 7) is 1.94. The third-order valence-corrected chi connectivity index (χ3v) is 3.58. The van der Waals surface area contributed by atoms with Crippen LogP contribution in [0, 0.1) is 6.92 Å². The van der Waals surface area contributed by atoms with Crippen LogP contribution >= 0.6 is 0 Å². The maximum atomic E-state index is 9.98. The molecule has 3 rings (SSSR count). The van der Waals surface area contributed by atoms with Crippen LogP contribution in [0.15, 0.2) is 18.2 Å². The SMILES string of the molecule is COc1cc2c(C)cc3c(O)[nH]c(O)c3c2cc1OC. The van der Waals surface area contributed by atoms with E-state index < -0.39 is 0 Å². The van der Waals surface area contributed by atoms with Gasteiger partial charge in [0.05, 0.1) is 19.6 Å². The van der Waals surface area contributed by atoms with E-state index in [0.29, 0.717) is 22.3 Å². The van der Waals surface area contributed by atoms with E-state index in [1.807, 2.05) is 19.1 Å². The van der Waals surface area contributed by atoms with Gasteiger partial charge in [0.2, 0.25) is 0 Å². The Balaban J connectivity index is 2.54. The van der Waals surface area contributed by atoms with Crippen molar-refractivity contribution in [3.8, 4) is 23.3 Å². The van der Waals surface area contributed by atoms with Crippen molar-refractivity contribution in [1.29, 1.82) is 0 Å². The lowest BCUT2D eigenvalue weighted by molar-refractivity contribution is 0.356. The average Bonchev–Trinajstić information content (AvgIpc) is 2.72. The van der Waals surface area contributed by atoms with Crippen LogP contribution in [0.25, 0.3) is 21.5 Å². The maximum Gasteiger partial charge on any atom is 0.199 e. The predicted octanol–water partition coefficient (Wildman–Crippen LogP) is 3.06. The van der Waals surface area contributed by atoms with Crippen molar-refractivity contribution >= 4 is 21.5 Å². The summed E-state index contributed by atoms with van der Waals surface area (Å²) in [5, 5.41) is 22.7. The number of hydrogen-bond donors (Lipinski definition) is 3. The molecule has 0 unspecified atom stereocenters. The predicted molar refractivity (Wildman–Crippen MR) is 77.0 cm³/mol. The van der Waals surface area contributed by atoms with Gasteiger partial charge in [0.15, 0.2) is 23.3 Å². The first-order valence-electron chi connectivity index (χ1n) is 6.15. The molecular formula is C15H15NO4. The highest BCUT2D eigenvalue weighted by Crippen LogP contribution is 2.42. The van der Waals surface area contributed by atoms with Crippen LogP contribution in [0.4, 0.5) is 0 Å². The fourth-order valence-corrected chi connectivity index (χ4v) is 2.61. The second kappa shape index (κ2) is 4.23. The monoisotopic (exact) mass is 273 g/mol. The van der Waals surface area contributed by atoms with Crippen LogP contribution in [0.5, 0.6) is 23.3 Å². The highest BCUT2D eigenvalue weighted by atomic mass is 16.5. The van der Waals surface area contributed by atoms with E-state index in [4.69, 9.17) is 9.47 Å². The molecule has 104 valence electrons. The molecule has 3 aromatic rings. The van der Waals surface area contributed by atoms with Gasteiger partial charge in [-0.3, -0.25) is 4.98 Å². The molecule has 5 nitrogen and oxygen atoms in total. The quantitative estimate of drug-likeness (QED) is 0.671. The van der Waals surface area contributed by atoms with Gasteiger partial charge in [0.1, 0.15) is 0 Å². The van der Waals surface area contributed by atoms with Gasteiger partial charge >= 0.3 is 0 Å². The highest BCUT2D eigenvalue weighted by molar-refractivity contribution is 6.14. The molecule has 0 saturated carbocycles. The number of aromatic nitrogens is 1. The first-order valence-corrected chi connectivity index (χ1v) is 6.15. The summed E-state index contributed by atoms with van der Waals surface area (Å²) in [6, 6.07) is 5.50. The summed E-state index contributed by atoms with van der Waals surface area (Å²) in [5.74, 6) is 1.10. The molecule has 1 heterocycles. The second-order valence-corrected chi connectivity index (χ2v) is 4.69. The van der Waals surface area contributed by atoms with Crippen LogP contribution in [-0.4, -0.2) is 29.4 Å². The lowest BCUT2D eigenvalue weighted by Gasteiger charge is -2.11. The van der Waals surface area contributed by atoms with Crippen LogP contribution in [0.2, 0.25) is 0 Å². The lowest BCUT2D eigenvalue weighted by Crippen LogP contribution is -1.91. The number of H-pyrrole nitrogens is 1. The van der Waals surface area contributed by atoms with Gasteiger partial charge < -0.3 is 19.7 Å². The summed E-state index contributed by atoms with van der Waals surface area (Å²) >= 11 is 0. The molecule has 0 bridgehead atoms. The minimum Gasteiger partial charge on any atom is -0.494 e. The summed E-state index contributed by atoms with van der Waals surface area (Å²) < 4.78 is 10.6. The van der Waals surface area contributed by atoms with E-state index in [9.17, 15) is 10.2 Å². The number of aromatic hydroxyl groups is 2. The van der Waals surface area contributed by atoms with Crippen molar-refractivity contribution in [1.82, 2.24) is 4.98 Å². The van der Waals surface area contributed by atoms with Crippen molar-refractivity contribution in [2.75, 3.05) is 14.2 Å². The Morgan fingerprint density at radius 3 is 2.05 bits per heavy atom. The van der Waals surface area contributed by atoms with Gasteiger partial charge in [0.25, 0.3) is 0 Å². The lowest BCUT2D eigenvalue weighted by atomic mass is 9.99. The molecule has 0 aliphatic heterocycles. The fourth-order valence-electron chi connectivity index (χ4n) is 2.61. The Kier molecular flexibility index (Phi) is 2.64. The minimum atomic E-state index is -0.0604. The standard InChI is InChI=1S/C15H15NO4/c1-7-4-10-13(15(18)16-14(10)17)9-6-12(20-3)11(19-2)5-8(7)9/h4-6,16-18H,1-3H3. The van der Waals surface area contributed by atoms with Gasteiger partial charge in [-0.05, 0) is 41.5 Å². The van der Waals surface area contributed by atoms with Crippen molar-refractivity contribution in [3.05, 3.63) is 23.8 Å². The number of benzene rings is 2. The molecule has 0 spiro atoms. The molecule has 0 saturated heterocycles. The Hall–Kier alpha value is -2.56. The first kappa shape index (κ1) is 12.5.